The van der Waals surface area contributed by atoms with E-state index >= 15 is 0 Å². The van der Waals surface area contributed by atoms with Gasteiger partial charge in [-0.15, -0.1) is 0 Å². The van der Waals surface area contributed by atoms with Gasteiger partial charge in [0.2, 0.25) is 11.8 Å². The Morgan fingerprint density at radius 1 is 0.762 bits per heavy atom. The van der Waals surface area contributed by atoms with Crippen LogP contribution in [-0.2, 0) is 9.59 Å². The minimum absolute atomic E-state index is 0.193. The van der Waals surface area contributed by atoms with E-state index < -0.39 is 0 Å². The van der Waals surface area contributed by atoms with Crippen LogP contribution in [0.5, 0.6) is 0 Å². The molecule has 5 nitrogen and oxygen atoms in total. The Bertz CT molecular complexity index is 392. The largest absolute Gasteiger partial charge is 0.339 e. The van der Waals surface area contributed by atoms with Crippen molar-refractivity contribution in [1.29, 1.82) is 0 Å². The lowest BCUT2D eigenvalue weighted by molar-refractivity contribution is -0.143. The van der Waals surface area contributed by atoms with Crippen LogP contribution in [0, 0.1) is 17.8 Å². The highest BCUT2D eigenvalue weighted by Crippen LogP contribution is 2.32. The van der Waals surface area contributed by atoms with Crippen molar-refractivity contribution < 1.29 is 9.59 Å². The van der Waals surface area contributed by atoms with Crippen LogP contribution >= 0.6 is 0 Å². The number of nitrogens with zero attached hydrogens (tertiary/aromatic N) is 2. The number of carbonyl (C=O) groups is 2. The van der Waals surface area contributed by atoms with Crippen LogP contribution in [0.4, 0.5) is 0 Å². The summed E-state index contributed by atoms with van der Waals surface area (Å²) in [4.78, 5) is 28.5. The SMILES string of the molecule is NCC1CCC(C(=O)N2CCN(C(=O)C3CC3)CC2)CC1. The highest BCUT2D eigenvalue weighted by molar-refractivity contribution is 5.82. The Kier molecular flexibility index (Phi) is 4.48. The molecule has 118 valence electrons. The van der Waals surface area contributed by atoms with Gasteiger partial charge in [0.1, 0.15) is 0 Å². The molecule has 2 saturated carbocycles. The second-order valence-electron chi connectivity index (χ2n) is 6.88. The normalized spacial score (nSPS) is 30.3. The van der Waals surface area contributed by atoms with E-state index in [1.165, 1.54) is 0 Å². The third-order valence-electron chi connectivity index (χ3n) is 5.36. The summed E-state index contributed by atoms with van der Waals surface area (Å²) >= 11 is 0. The first-order chi connectivity index (χ1) is 10.2. The highest BCUT2D eigenvalue weighted by Gasteiger charge is 2.36. The maximum atomic E-state index is 12.6. The lowest BCUT2D eigenvalue weighted by Crippen LogP contribution is -2.52. The van der Waals surface area contributed by atoms with Crippen LogP contribution in [-0.4, -0.2) is 54.3 Å². The van der Waals surface area contributed by atoms with Gasteiger partial charge in [-0.3, -0.25) is 9.59 Å². The van der Waals surface area contributed by atoms with Gasteiger partial charge >= 0.3 is 0 Å². The smallest absolute Gasteiger partial charge is 0.225 e. The second-order valence-corrected chi connectivity index (χ2v) is 6.88. The van der Waals surface area contributed by atoms with Crippen LogP contribution < -0.4 is 5.73 Å². The molecular formula is C16H27N3O2. The van der Waals surface area contributed by atoms with Gasteiger partial charge in [-0.1, -0.05) is 0 Å². The van der Waals surface area contributed by atoms with Crippen molar-refractivity contribution in [3.8, 4) is 0 Å². The number of hydrogen-bond donors (Lipinski definition) is 1. The summed E-state index contributed by atoms with van der Waals surface area (Å²) in [5, 5.41) is 0. The molecule has 1 saturated heterocycles. The number of hydrogen-bond acceptors (Lipinski definition) is 3. The van der Waals surface area contributed by atoms with Crippen LogP contribution in [0.15, 0.2) is 0 Å². The molecule has 0 bridgehead atoms. The van der Waals surface area contributed by atoms with Crippen LogP contribution in [0.3, 0.4) is 0 Å². The summed E-state index contributed by atoms with van der Waals surface area (Å²) in [6.07, 6.45) is 6.27. The van der Waals surface area contributed by atoms with E-state index in [4.69, 9.17) is 5.73 Å². The van der Waals surface area contributed by atoms with Crippen molar-refractivity contribution in [2.24, 2.45) is 23.5 Å². The van der Waals surface area contributed by atoms with E-state index in [-0.39, 0.29) is 5.92 Å². The molecule has 3 aliphatic rings. The van der Waals surface area contributed by atoms with E-state index in [1.807, 2.05) is 9.80 Å². The summed E-state index contributed by atoms with van der Waals surface area (Å²) in [5.74, 6) is 1.72. The molecule has 0 atom stereocenters. The van der Waals surface area contributed by atoms with Crippen molar-refractivity contribution in [3.05, 3.63) is 0 Å². The molecule has 3 rings (SSSR count). The number of nitrogens with two attached hydrogens (primary N) is 1. The molecule has 1 heterocycles. The Balaban J connectivity index is 1.45. The minimum atomic E-state index is 0.193. The lowest BCUT2D eigenvalue weighted by atomic mass is 9.81. The lowest BCUT2D eigenvalue weighted by Gasteiger charge is -2.38. The summed E-state index contributed by atoms with van der Waals surface area (Å²) in [7, 11) is 0. The fourth-order valence-electron chi connectivity index (χ4n) is 3.64. The summed E-state index contributed by atoms with van der Waals surface area (Å²) in [6.45, 7) is 3.63. The minimum Gasteiger partial charge on any atom is -0.339 e. The Labute approximate surface area is 126 Å². The van der Waals surface area contributed by atoms with Crippen molar-refractivity contribution in [2.75, 3.05) is 32.7 Å². The van der Waals surface area contributed by atoms with Crippen molar-refractivity contribution in [1.82, 2.24) is 9.80 Å². The van der Waals surface area contributed by atoms with Crippen LogP contribution in [0.2, 0.25) is 0 Å². The molecule has 3 fully saturated rings. The van der Waals surface area contributed by atoms with Gasteiger partial charge in [-0.2, -0.15) is 0 Å². The van der Waals surface area contributed by atoms with E-state index in [0.717, 1.165) is 58.2 Å². The van der Waals surface area contributed by atoms with E-state index in [2.05, 4.69) is 0 Å². The molecule has 2 aliphatic carbocycles. The second kappa shape index (κ2) is 6.34. The molecule has 5 heteroatoms. The topological polar surface area (TPSA) is 66.6 Å². The predicted octanol–water partition coefficient (Wildman–Crippen LogP) is 0.832. The van der Waals surface area contributed by atoms with Gasteiger partial charge in [0.15, 0.2) is 0 Å². The number of rotatable bonds is 3. The van der Waals surface area contributed by atoms with Crippen LogP contribution in [0.1, 0.15) is 38.5 Å². The van der Waals surface area contributed by atoms with Crippen molar-refractivity contribution >= 4 is 11.8 Å². The van der Waals surface area contributed by atoms with E-state index in [0.29, 0.717) is 36.7 Å². The van der Waals surface area contributed by atoms with Crippen molar-refractivity contribution in [3.63, 3.8) is 0 Å². The molecular weight excluding hydrogens is 266 g/mol. The van der Waals surface area contributed by atoms with Gasteiger partial charge in [-0.05, 0) is 51.0 Å². The molecule has 0 aromatic heterocycles. The molecule has 0 aromatic rings. The number of carbonyl (C=O) groups excluding carboxylic acids is 2. The van der Waals surface area contributed by atoms with Gasteiger partial charge in [0.05, 0.1) is 0 Å². The highest BCUT2D eigenvalue weighted by atomic mass is 16.2. The van der Waals surface area contributed by atoms with Crippen molar-refractivity contribution in [2.45, 2.75) is 38.5 Å². The summed E-state index contributed by atoms with van der Waals surface area (Å²) in [6, 6.07) is 0. The third-order valence-corrected chi connectivity index (χ3v) is 5.36. The zero-order valence-corrected chi connectivity index (χ0v) is 12.8. The first-order valence-electron chi connectivity index (χ1n) is 8.46. The first-order valence-corrected chi connectivity index (χ1v) is 8.46. The van der Waals surface area contributed by atoms with Gasteiger partial charge in [0.25, 0.3) is 0 Å². The molecule has 21 heavy (non-hydrogen) atoms. The molecule has 0 radical (unpaired) electrons. The zero-order valence-electron chi connectivity index (χ0n) is 12.8. The standard InChI is InChI=1S/C16H27N3O2/c17-11-12-1-3-13(4-2-12)15(20)18-7-9-19(10-8-18)16(21)14-5-6-14/h12-14H,1-11,17H2. The maximum Gasteiger partial charge on any atom is 0.225 e. The Morgan fingerprint density at radius 2 is 1.14 bits per heavy atom. The van der Waals surface area contributed by atoms with Gasteiger partial charge in [0, 0.05) is 38.0 Å². The van der Waals surface area contributed by atoms with Crippen LogP contribution in [0.25, 0.3) is 0 Å². The Morgan fingerprint density at radius 3 is 1.48 bits per heavy atom. The Hall–Kier alpha value is -1.10. The molecule has 0 aromatic carbocycles. The molecule has 2 N–H and O–H groups in total. The molecule has 2 amide bonds. The van der Waals surface area contributed by atoms with E-state index in [9.17, 15) is 9.59 Å². The average Bonchev–Trinajstić information content (AvgIpc) is 3.39. The fraction of sp³-hybridized carbons (Fsp3) is 0.875. The predicted molar refractivity (Wildman–Crippen MR) is 80.4 cm³/mol. The van der Waals surface area contributed by atoms with Gasteiger partial charge in [-0.25, -0.2) is 0 Å². The number of amides is 2. The zero-order chi connectivity index (χ0) is 14.8. The molecule has 1 aliphatic heterocycles. The monoisotopic (exact) mass is 293 g/mol. The average molecular weight is 293 g/mol. The number of piperazine rings is 1. The van der Waals surface area contributed by atoms with E-state index in [1.54, 1.807) is 0 Å². The molecule has 0 unspecified atom stereocenters. The summed E-state index contributed by atoms with van der Waals surface area (Å²) in [5.41, 5.74) is 5.71. The first kappa shape index (κ1) is 14.8. The fourth-order valence-corrected chi connectivity index (χ4v) is 3.64. The maximum absolute atomic E-state index is 12.6. The molecule has 0 spiro atoms. The third kappa shape index (κ3) is 3.39. The quantitative estimate of drug-likeness (QED) is 0.838. The van der Waals surface area contributed by atoms with Gasteiger partial charge < -0.3 is 15.5 Å². The summed E-state index contributed by atoms with van der Waals surface area (Å²) < 4.78 is 0.